The van der Waals surface area contributed by atoms with Crippen LogP contribution in [0.15, 0.2) is 76.6 Å². The quantitative estimate of drug-likeness (QED) is 0.212. The number of thioether (sulfide) groups is 1. The van der Waals surface area contributed by atoms with Crippen LogP contribution in [-0.2, 0) is 14.4 Å². The summed E-state index contributed by atoms with van der Waals surface area (Å²) in [4.78, 5) is 56.5. The number of amides is 3. The van der Waals surface area contributed by atoms with E-state index in [-0.39, 0.29) is 22.1 Å². The minimum absolute atomic E-state index is 0.0540. The van der Waals surface area contributed by atoms with Crippen molar-refractivity contribution in [3.63, 3.8) is 0 Å². The maximum absolute atomic E-state index is 13.9. The van der Waals surface area contributed by atoms with Crippen molar-refractivity contribution in [3.05, 3.63) is 97.7 Å². The first-order valence-electron chi connectivity index (χ1n) is 12.2. The van der Waals surface area contributed by atoms with Crippen LogP contribution in [0.4, 0.5) is 15.8 Å². The predicted octanol–water partition coefficient (Wildman–Crippen LogP) is 4.75. The number of aromatic amines is 1. The Hall–Kier alpha value is -4.13. The van der Waals surface area contributed by atoms with Crippen molar-refractivity contribution in [2.24, 2.45) is 5.92 Å². The predicted molar refractivity (Wildman–Crippen MR) is 152 cm³/mol. The number of carbonyl (C=O) groups excluding carboxylic acids is 3. The average molecular weight is 612 g/mol. The summed E-state index contributed by atoms with van der Waals surface area (Å²) >= 11 is 8.40. The zero-order valence-corrected chi connectivity index (χ0v) is 23.2. The van der Waals surface area contributed by atoms with Crippen molar-refractivity contribution in [2.75, 3.05) is 16.8 Å². The van der Waals surface area contributed by atoms with Gasteiger partial charge in [-0.15, -0.1) is 0 Å². The van der Waals surface area contributed by atoms with E-state index in [1.807, 2.05) is 0 Å². The Morgan fingerprint density at radius 3 is 2.51 bits per heavy atom. The number of nitrogens with zero attached hydrogens (tertiary/aromatic N) is 1. The molecule has 0 bridgehead atoms. The van der Waals surface area contributed by atoms with E-state index in [1.165, 1.54) is 48.5 Å². The molecule has 2 aliphatic heterocycles. The second kappa shape index (κ2) is 10.7. The van der Waals surface area contributed by atoms with E-state index in [0.29, 0.717) is 26.2 Å². The minimum atomic E-state index is -0.928. The van der Waals surface area contributed by atoms with Gasteiger partial charge in [0, 0.05) is 27.1 Å². The van der Waals surface area contributed by atoms with Crippen molar-refractivity contribution in [2.45, 2.75) is 16.2 Å². The normalized spacial score (nSPS) is 19.6. The summed E-state index contributed by atoms with van der Waals surface area (Å²) in [5, 5.41) is 12.0. The molecule has 9 nitrogen and oxygen atoms in total. The first kappa shape index (κ1) is 27.1. The number of ether oxygens (including phenoxy) is 1. The monoisotopic (exact) mass is 611 g/mol. The molecule has 0 spiro atoms. The molecule has 3 amide bonds. The summed E-state index contributed by atoms with van der Waals surface area (Å²) in [6.07, 6.45) is 0. The minimum Gasteiger partial charge on any atom is -0.508 e. The van der Waals surface area contributed by atoms with E-state index in [0.717, 1.165) is 28.0 Å². The number of aromatic hydroxyl groups is 1. The molecule has 2 aliphatic rings. The van der Waals surface area contributed by atoms with Gasteiger partial charge in [-0.05, 0) is 66.7 Å². The Morgan fingerprint density at radius 1 is 1.05 bits per heavy atom. The van der Waals surface area contributed by atoms with E-state index in [9.17, 15) is 28.7 Å². The lowest BCUT2D eigenvalue weighted by Gasteiger charge is -2.31. The molecule has 0 aliphatic carbocycles. The van der Waals surface area contributed by atoms with Crippen LogP contribution in [0, 0.1) is 11.7 Å². The molecular formula is C28H19ClFN3O6S2. The lowest BCUT2D eigenvalue weighted by atomic mass is 9.82. The molecule has 1 fully saturated rings. The van der Waals surface area contributed by atoms with E-state index < -0.39 is 47.2 Å². The standard InChI is InChI=1S/C28H19ClFN3O6S2/c29-13-1-10-19(39-12-20(35)31-15-4-8-17(34)9-5-15)18(11-13)21-22-24(40-25-23(21)41-28(38)32-25)27(37)33(26(22)36)16-6-2-14(30)3-7-16/h1-11,21-22,24,34H,12H2,(H,31,35)(H,32,38)/t21-,22-,24+/m0/s1. The Balaban J connectivity index is 1.36. The molecule has 6 rings (SSSR count). The van der Waals surface area contributed by atoms with Gasteiger partial charge in [0.2, 0.25) is 11.8 Å². The van der Waals surface area contributed by atoms with Gasteiger partial charge in [0.15, 0.2) is 6.61 Å². The second-order valence-corrected chi connectivity index (χ2v) is 11.9. The molecule has 4 aromatic rings. The number of imide groups is 1. The van der Waals surface area contributed by atoms with E-state index >= 15 is 0 Å². The van der Waals surface area contributed by atoms with Gasteiger partial charge in [0.25, 0.3) is 5.91 Å². The number of fused-ring (bicyclic) bond motifs is 2. The van der Waals surface area contributed by atoms with Crippen molar-refractivity contribution >= 4 is 63.8 Å². The number of hydrogen-bond donors (Lipinski definition) is 3. The summed E-state index contributed by atoms with van der Waals surface area (Å²) in [5.41, 5.74) is 1.13. The van der Waals surface area contributed by atoms with E-state index in [2.05, 4.69) is 10.3 Å². The third-order valence-corrected chi connectivity index (χ3v) is 9.36. The van der Waals surface area contributed by atoms with Crippen LogP contribution < -0.4 is 19.8 Å². The molecule has 0 unspecified atom stereocenters. The summed E-state index contributed by atoms with van der Waals surface area (Å²) in [7, 11) is 0. The van der Waals surface area contributed by atoms with Crippen LogP contribution in [0.2, 0.25) is 5.02 Å². The molecular weight excluding hydrogens is 593 g/mol. The molecule has 0 radical (unpaired) electrons. The van der Waals surface area contributed by atoms with Crippen LogP contribution in [0.25, 0.3) is 0 Å². The molecule has 41 heavy (non-hydrogen) atoms. The summed E-state index contributed by atoms with van der Waals surface area (Å²) < 4.78 is 19.5. The number of carbonyl (C=O) groups is 3. The number of phenolic OH excluding ortho intramolecular Hbond substituents is 1. The van der Waals surface area contributed by atoms with Gasteiger partial charge < -0.3 is 20.1 Å². The largest absolute Gasteiger partial charge is 0.508 e. The SMILES string of the molecule is O=C(COc1ccc(Cl)cc1[C@@H]1c2sc(=O)[nH]c2S[C@H]2C(=O)N(c3ccc(F)cc3)C(=O)[C@@H]12)Nc1ccc(O)cc1. The van der Waals surface area contributed by atoms with Gasteiger partial charge in [-0.3, -0.25) is 19.2 Å². The molecule has 1 saturated heterocycles. The van der Waals surface area contributed by atoms with Gasteiger partial charge in [0.1, 0.15) is 22.6 Å². The first-order chi connectivity index (χ1) is 19.7. The van der Waals surface area contributed by atoms with Crippen molar-refractivity contribution in [1.29, 1.82) is 0 Å². The third-order valence-electron chi connectivity index (χ3n) is 6.73. The highest BCUT2D eigenvalue weighted by Gasteiger charge is 2.56. The van der Waals surface area contributed by atoms with Gasteiger partial charge in [-0.2, -0.15) is 0 Å². The number of rotatable bonds is 6. The summed E-state index contributed by atoms with van der Waals surface area (Å²) in [6.45, 7) is -0.393. The number of anilines is 2. The molecule has 1 aromatic heterocycles. The Labute approximate surface area is 244 Å². The Bertz CT molecular complexity index is 1740. The molecule has 208 valence electrons. The van der Waals surface area contributed by atoms with Gasteiger partial charge in [0.05, 0.1) is 16.6 Å². The van der Waals surface area contributed by atoms with Crippen molar-refractivity contribution in [1.82, 2.24) is 4.98 Å². The highest BCUT2D eigenvalue weighted by atomic mass is 35.5. The maximum Gasteiger partial charge on any atom is 0.305 e. The fourth-order valence-electron chi connectivity index (χ4n) is 4.98. The number of hydrogen-bond acceptors (Lipinski definition) is 8. The van der Waals surface area contributed by atoms with Crippen LogP contribution in [0.5, 0.6) is 11.5 Å². The molecule has 0 saturated carbocycles. The zero-order chi connectivity index (χ0) is 28.8. The highest BCUT2D eigenvalue weighted by molar-refractivity contribution is 8.00. The fraction of sp³-hybridized carbons (Fsp3) is 0.143. The van der Waals surface area contributed by atoms with Crippen LogP contribution in [0.1, 0.15) is 16.4 Å². The number of nitrogens with one attached hydrogen (secondary N) is 2. The first-order valence-corrected chi connectivity index (χ1v) is 14.3. The van der Waals surface area contributed by atoms with Gasteiger partial charge in [-0.25, -0.2) is 9.29 Å². The molecule has 3 heterocycles. The van der Waals surface area contributed by atoms with Crippen molar-refractivity contribution < 1.29 is 28.6 Å². The van der Waals surface area contributed by atoms with Crippen LogP contribution >= 0.6 is 34.7 Å². The average Bonchev–Trinajstić information content (AvgIpc) is 3.44. The number of aromatic nitrogens is 1. The highest BCUT2D eigenvalue weighted by Crippen LogP contribution is 2.54. The number of thiazole rings is 1. The van der Waals surface area contributed by atoms with Gasteiger partial charge >= 0.3 is 4.87 Å². The Kier molecular flexibility index (Phi) is 7.06. The number of phenols is 1. The number of halogens is 2. The lowest BCUT2D eigenvalue weighted by molar-refractivity contribution is -0.122. The van der Waals surface area contributed by atoms with E-state index in [1.54, 1.807) is 18.2 Å². The van der Waals surface area contributed by atoms with E-state index in [4.69, 9.17) is 16.3 Å². The van der Waals surface area contributed by atoms with Gasteiger partial charge in [-0.1, -0.05) is 34.7 Å². The smallest absolute Gasteiger partial charge is 0.305 e. The summed E-state index contributed by atoms with van der Waals surface area (Å²) in [5.74, 6) is -3.40. The van der Waals surface area contributed by atoms with Crippen LogP contribution in [0.3, 0.4) is 0 Å². The lowest BCUT2D eigenvalue weighted by Crippen LogP contribution is -2.32. The second-order valence-electron chi connectivity index (χ2n) is 9.30. The Morgan fingerprint density at radius 2 is 1.78 bits per heavy atom. The molecule has 3 aromatic carbocycles. The third kappa shape index (κ3) is 5.09. The maximum atomic E-state index is 13.9. The number of benzene rings is 3. The zero-order valence-electron chi connectivity index (χ0n) is 20.8. The number of H-pyrrole nitrogens is 1. The topological polar surface area (TPSA) is 129 Å². The molecule has 13 heteroatoms. The molecule has 3 N–H and O–H groups in total. The summed E-state index contributed by atoms with van der Waals surface area (Å²) in [6, 6.07) is 15.7. The fourth-order valence-corrected chi connectivity index (χ4v) is 7.66. The molecule has 3 atom stereocenters. The van der Waals surface area contributed by atoms with Crippen LogP contribution in [-0.4, -0.2) is 39.7 Å². The van der Waals surface area contributed by atoms with Crippen molar-refractivity contribution in [3.8, 4) is 11.5 Å².